The summed E-state index contributed by atoms with van der Waals surface area (Å²) in [7, 11) is 0. The third kappa shape index (κ3) is 6.46. The lowest BCUT2D eigenvalue weighted by Gasteiger charge is -2.19. The Kier molecular flexibility index (Phi) is 7.85. The van der Waals surface area contributed by atoms with Crippen molar-refractivity contribution in [3.8, 4) is 11.5 Å². The number of rotatable bonds is 9. The maximum Gasteiger partial charge on any atom is 0.193 e. The molecular formula is C19H32N4O2. The highest BCUT2D eigenvalue weighted by Gasteiger charge is 2.14. The van der Waals surface area contributed by atoms with Gasteiger partial charge >= 0.3 is 0 Å². The second-order valence-electron chi connectivity index (χ2n) is 6.49. The fourth-order valence-electron chi connectivity index (χ4n) is 3.04. The van der Waals surface area contributed by atoms with Gasteiger partial charge in [0.1, 0.15) is 11.5 Å². The number of hydrogen-bond acceptors (Lipinski definition) is 4. The summed E-state index contributed by atoms with van der Waals surface area (Å²) < 4.78 is 11.2. The Morgan fingerprint density at radius 3 is 2.64 bits per heavy atom. The Bertz CT molecular complexity index is 556. The van der Waals surface area contributed by atoms with Gasteiger partial charge in [-0.3, -0.25) is 4.99 Å². The highest BCUT2D eigenvalue weighted by atomic mass is 16.5. The van der Waals surface area contributed by atoms with E-state index < -0.39 is 0 Å². The monoisotopic (exact) mass is 348 g/mol. The molecule has 0 aromatic heterocycles. The van der Waals surface area contributed by atoms with Crippen molar-refractivity contribution < 1.29 is 9.47 Å². The Hall–Kier alpha value is -1.95. The lowest BCUT2D eigenvalue weighted by atomic mass is 10.2. The lowest BCUT2D eigenvalue weighted by Crippen LogP contribution is -2.28. The number of guanidine groups is 1. The van der Waals surface area contributed by atoms with Gasteiger partial charge < -0.3 is 25.4 Å². The Morgan fingerprint density at radius 1 is 1.24 bits per heavy atom. The summed E-state index contributed by atoms with van der Waals surface area (Å²) in [4.78, 5) is 7.00. The van der Waals surface area contributed by atoms with Crippen LogP contribution in [0, 0.1) is 5.92 Å². The molecule has 140 valence electrons. The van der Waals surface area contributed by atoms with E-state index >= 15 is 0 Å². The zero-order chi connectivity index (χ0) is 18.1. The van der Waals surface area contributed by atoms with E-state index in [0.717, 1.165) is 23.7 Å². The van der Waals surface area contributed by atoms with Crippen LogP contribution in [0.15, 0.2) is 23.2 Å². The number of nitrogens with one attached hydrogen (secondary N) is 1. The second kappa shape index (κ2) is 10.1. The van der Waals surface area contributed by atoms with Crippen LogP contribution in [0.1, 0.15) is 33.6 Å². The SMILES string of the molecule is CCOc1ccc(OCC)c(NC(N)=NCC(C)CN2CCCC2)c1. The molecule has 1 fully saturated rings. The van der Waals surface area contributed by atoms with Gasteiger partial charge in [-0.15, -0.1) is 0 Å². The van der Waals surface area contributed by atoms with Gasteiger partial charge in [0.2, 0.25) is 0 Å². The van der Waals surface area contributed by atoms with Crippen LogP contribution in [0.3, 0.4) is 0 Å². The van der Waals surface area contributed by atoms with Crippen LogP contribution in [0.25, 0.3) is 0 Å². The van der Waals surface area contributed by atoms with Gasteiger partial charge in [0.15, 0.2) is 5.96 Å². The summed E-state index contributed by atoms with van der Waals surface area (Å²) in [6, 6.07) is 5.68. The number of anilines is 1. The fourth-order valence-corrected chi connectivity index (χ4v) is 3.04. The summed E-state index contributed by atoms with van der Waals surface area (Å²) >= 11 is 0. The van der Waals surface area contributed by atoms with Gasteiger partial charge in [-0.05, 0) is 57.8 Å². The molecular weight excluding hydrogens is 316 g/mol. The predicted octanol–water partition coefficient (Wildman–Crippen LogP) is 2.94. The number of likely N-dealkylation sites (tertiary alicyclic amines) is 1. The maximum absolute atomic E-state index is 6.08. The van der Waals surface area contributed by atoms with Gasteiger partial charge in [0.25, 0.3) is 0 Å². The molecule has 6 nitrogen and oxygen atoms in total. The predicted molar refractivity (Wildman–Crippen MR) is 104 cm³/mol. The van der Waals surface area contributed by atoms with Gasteiger partial charge in [0, 0.05) is 19.2 Å². The number of ether oxygens (including phenoxy) is 2. The molecule has 3 N–H and O–H groups in total. The van der Waals surface area contributed by atoms with Crippen LogP contribution in [-0.2, 0) is 0 Å². The van der Waals surface area contributed by atoms with E-state index in [-0.39, 0.29) is 0 Å². The minimum absolute atomic E-state index is 0.405. The fraction of sp³-hybridized carbons (Fsp3) is 0.632. The molecule has 0 aliphatic carbocycles. The first-order valence-corrected chi connectivity index (χ1v) is 9.31. The van der Waals surface area contributed by atoms with Gasteiger partial charge in [-0.1, -0.05) is 6.92 Å². The summed E-state index contributed by atoms with van der Waals surface area (Å²) in [5, 5.41) is 3.15. The molecule has 1 unspecified atom stereocenters. The molecule has 1 aliphatic rings. The lowest BCUT2D eigenvalue weighted by molar-refractivity contribution is 0.292. The molecule has 1 heterocycles. The first kappa shape index (κ1) is 19.4. The molecule has 0 amide bonds. The molecule has 2 rings (SSSR count). The minimum Gasteiger partial charge on any atom is -0.494 e. The summed E-state index contributed by atoms with van der Waals surface area (Å²) in [6.45, 7) is 11.6. The van der Waals surface area contributed by atoms with E-state index in [9.17, 15) is 0 Å². The Balaban J connectivity index is 1.94. The molecule has 1 aromatic rings. The first-order valence-electron chi connectivity index (χ1n) is 9.31. The smallest absolute Gasteiger partial charge is 0.193 e. The Labute approximate surface area is 151 Å². The van der Waals surface area contributed by atoms with Crippen molar-refractivity contribution in [2.24, 2.45) is 16.6 Å². The molecule has 1 saturated heterocycles. The van der Waals surface area contributed by atoms with Crippen molar-refractivity contribution >= 4 is 11.6 Å². The maximum atomic E-state index is 6.08. The highest BCUT2D eigenvalue weighted by molar-refractivity contribution is 5.94. The number of aliphatic imine (C=N–C) groups is 1. The van der Waals surface area contributed by atoms with E-state index in [1.807, 2.05) is 32.0 Å². The summed E-state index contributed by atoms with van der Waals surface area (Å²) in [5.41, 5.74) is 6.86. The summed E-state index contributed by atoms with van der Waals surface area (Å²) in [5.74, 6) is 2.42. The molecule has 1 aromatic carbocycles. The molecule has 0 radical (unpaired) electrons. The van der Waals surface area contributed by atoms with Gasteiger partial charge in [0.05, 0.1) is 18.9 Å². The topological polar surface area (TPSA) is 72.1 Å². The molecule has 25 heavy (non-hydrogen) atoms. The van der Waals surface area contributed by atoms with Crippen LogP contribution in [0.4, 0.5) is 5.69 Å². The molecule has 6 heteroatoms. The van der Waals surface area contributed by atoms with Crippen molar-refractivity contribution in [2.45, 2.75) is 33.6 Å². The minimum atomic E-state index is 0.405. The van der Waals surface area contributed by atoms with Crippen LogP contribution >= 0.6 is 0 Å². The first-order chi connectivity index (χ1) is 12.1. The van der Waals surface area contributed by atoms with Crippen molar-refractivity contribution in [2.75, 3.05) is 44.7 Å². The number of benzene rings is 1. The molecule has 0 spiro atoms. The van der Waals surface area contributed by atoms with E-state index in [1.54, 1.807) is 0 Å². The zero-order valence-corrected chi connectivity index (χ0v) is 15.8. The molecule has 0 saturated carbocycles. The van der Waals surface area contributed by atoms with E-state index in [4.69, 9.17) is 15.2 Å². The third-order valence-corrected chi connectivity index (χ3v) is 4.17. The highest BCUT2D eigenvalue weighted by Crippen LogP contribution is 2.29. The molecule has 1 atom stereocenters. The number of nitrogens with two attached hydrogens (primary N) is 1. The normalized spacial score (nSPS) is 16.7. The van der Waals surface area contributed by atoms with Crippen molar-refractivity contribution in [1.29, 1.82) is 0 Å². The van der Waals surface area contributed by atoms with Crippen LogP contribution in [0.2, 0.25) is 0 Å². The standard InChI is InChI=1S/C19H32N4O2/c1-4-24-16-8-9-18(25-5-2)17(12-16)22-19(20)21-13-15(3)14-23-10-6-7-11-23/h8-9,12,15H,4-7,10-11,13-14H2,1-3H3,(H3,20,21,22). The number of nitrogens with zero attached hydrogens (tertiary/aromatic N) is 2. The molecule has 1 aliphatic heterocycles. The molecule has 0 bridgehead atoms. The second-order valence-corrected chi connectivity index (χ2v) is 6.49. The average molecular weight is 348 g/mol. The van der Waals surface area contributed by atoms with Crippen molar-refractivity contribution in [1.82, 2.24) is 4.90 Å². The quantitative estimate of drug-likeness (QED) is 0.530. The van der Waals surface area contributed by atoms with Gasteiger partial charge in [-0.25, -0.2) is 0 Å². The van der Waals surface area contributed by atoms with Crippen LogP contribution in [0.5, 0.6) is 11.5 Å². The average Bonchev–Trinajstić information content (AvgIpc) is 3.09. The van der Waals surface area contributed by atoms with Crippen molar-refractivity contribution in [3.63, 3.8) is 0 Å². The zero-order valence-electron chi connectivity index (χ0n) is 15.8. The van der Waals surface area contributed by atoms with E-state index in [1.165, 1.54) is 25.9 Å². The van der Waals surface area contributed by atoms with E-state index in [0.29, 0.717) is 31.6 Å². The van der Waals surface area contributed by atoms with Crippen LogP contribution in [-0.4, -0.2) is 50.3 Å². The Morgan fingerprint density at radius 2 is 1.96 bits per heavy atom. The van der Waals surface area contributed by atoms with Crippen molar-refractivity contribution in [3.05, 3.63) is 18.2 Å². The van der Waals surface area contributed by atoms with Gasteiger partial charge in [-0.2, -0.15) is 0 Å². The largest absolute Gasteiger partial charge is 0.494 e. The van der Waals surface area contributed by atoms with E-state index in [2.05, 4.69) is 22.1 Å². The van der Waals surface area contributed by atoms with Crippen LogP contribution < -0.4 is 20.5 Å². The number of hydrogen-bond donors (Lipinski definition) is 2. The summed E-state index contributed by atoms with van der Waals surface area (Å²) in [6.07, 6.45) is 2.63. The third-order valence-electron chi connectivity index (χ3n) is 4.17.